The molecule has 0 bridgehead atoms. The normalized spacial score (nSPS) is 12.7. The second kappa shape index (κ2) is 7.06. The van der Waals surface area contributed by atoms with Gasteiger partial charge in [-0.1, -0.05) is 0 Å². The van der Waals surface area contributed by atoms with E-state index in [9.17, 15) is 13.6 Å². The molecule has 0 saturated heterocycles. The number of benzene rings is 1. The molecule has 0 radical (unpaired) electrons. The maximum Gasteiger partial charge on any atom is 0.407 e. The first-order chi connectivity index (χ1) is 9.58. The Kier molecular flexibility index (Phi) is 5.95. The summed E-state index contributed by atoms with van der Waals surface area (Å²) in [6.07, 6.45) is -0.545. The summed E-state index contributed by atoms with van der Waals surface area (Å²) in [4.78, 5) is 11.5. The molecule has 118 valence electrons. The summed E-state index contributed by atoms with van der Waals surface area (Å²) in [5.41, 5.74) is -0.420. The number of rotatable bonds is 4. The van der Waals surface area contributed by atoms with E-state index < -0.39 is 23.3 Å². The van der Waals surface area contributed by atoms with Crippen molar-refractivity contribution in [1.29, 1.82) is 0 Å². The van der Waals surface area contributed by atoms with Gasteiger partial charge in [0.05, 0.1) is 10.2 Å². The van der Waals surface area contributed by atoms with E-state index in [1.807, 2.05) is 0 Å². The highest BCUT2D eigenvalue weighted by molar-refractivity contribution is 9.10. The van der Waals surface area contributed by atoms with Gasteiger partial charge < -0.3 is 15.4 Å². The molecule has 2 N–H and O–H groups in total. The van der Waals surface area contributed by atoms with Gasteiger partial charge in [-0.25, -0.2) is 13.6 Å². The average molecular weight is 365 g/mol. The highest BCUT2D eigenvalue weighted by Crippen LogP contribution is 2.24. The molecule has 0 saturated carbocycles. The van der Waals surface area contributed by atoms with Crippen LogP contribution in [-0.2, 0) is 4.74 Å². The maximum absolute atomic E-state index is 13.6. The lowest BCUT2D eigenvalue weighted by molar-refractivity contribution is 0.0526. The second-order valence-corrected chi connectivity index (χ2v) is 6.53. The summed E-state index contributed by atoms with van der Waals surface area (Å²) in [5, 5.41) is 5.43. The third-order valence-electron chi connectivity index (χ3n) is 2.36. The number of hydrogen-bond donors (Lipinski definition) is 2. The van der Waals surface area contributed by atoms with E-state index in [0.29, 0.717) is 0 Å². The Morgan fingerprint density at radius 3 is 2.52 bits per heavy atom. The number of anilines is 1. The van der Waals surface area contributed by atoms with Crippen LogP contribution in [-0.4, -0.2) is 24.3 Å². The predicted octanol–water partition coefficient (Wildman–Crippen LogP) is 4.05. The van der Waals surface area contributed by atoms with Gasteiger partial charge in [0.1, 0.15) is 17.2 Å². The number of alkyl carbamates (subject to hydrolysis) is 1. The van der Waals surface area contributed by atoms with Gasteiger partial charge in [-0.05, 0) is 49.7 Å². The number of carbonyl (C=O) groups excluding carboxylic acids is 1. The van der Waals surface area contributed by atoms with Crippen molar-refractivity contribution in [2.45, 2.75) is 39.3 Å². The fourth-order valence-corrected chi connectivity index (χ4v) is 1.84. The third kappa shape index (κ3) is 6.29. The Labute approximate surface area is 131 Å². The van der Waals surface area contributed by atoms with Crippen LogP contribution in [0.15, 0.2) is 16.6 Å². The number of amides is 1. The number of carbonyl (C=O) groups is 1. The molecule has 1 rings (SSSR count). The van der Waals surface area contributed by atoms with E-state index >= 15 is 0 Å². The molecule has 1 aromatic rings. The molecule has 4 nitrogen and oxygen atoms in total. The summed E-state index contributed by atoms with van der Waals surface area (Å²) >= 11 is 2.99. The Morgan fingerprint density at radius 2 is 1.95 bits per heavy atom. The number of ether oxygens (including phenoxy) is 1. The van der Waals surface area contributed by atoms with Crippen molar-refractivity contribution in [3.63, 3.8) is 0 Å². The van der Waals surface area contributed by atoms with Crippen molar-refractivity contribution in [3.8, 4) is 0 Å². The van der Waals surface area contributed by atoms with Crippen molar-refractivity contribution in [1.82, 2.24) is 5.32 Å². The molecule has 1 unspecified atom stereocenters. The minimum absolute atomic E-state index is 0.154. The van der Waals surface area contributed by atoms with E-state index in [-0.39, 0.29) is 22.7 Å². The molecule has 0 fully saturated rings. The van der Waals surface area contributed by atoms with E-state index in [1.54, 1.807) is 27.7 Å². The first-order valence-electron chi connectivity index (χ1n) is 6.46. The van der Waals surface area contributed by atoms with Gasteiger partial charge in [-0.3, -0.25) is 0 Å². The zero-order valence-electron chi connectivity index (χ0n) is 12.4. The smallest absolute Gasteiger partial charge is 0.407 e. The van der Waals surface area contributed by atoms with Gasteiger partial charge in [0.25, 0.3) is 0 Å². The SMILES string of the molecule is CC(CNC(=O)OC(C)(C)C)Nc1cc(Br)c(F)cc1F. The largest absolute Gasteiger partial charge is 0.444 e. The fourth-order valence-electron chi connectivity index (χ4n) is 1.50. The van der Waals surface area contributed by atoms with Crippen molar-refractivity contribution in [2.75, 3.05) is 11.9 Å². The van der Waals surface area contributed by atoms with Gasteiger partial charge >= 0.3 is 6.09 Å². The fraction of sp³-hybridized carbons (Fsp3) is 0.500. The Hall–Kier alpha value is -1.37. The summed E-state index contributed by atoms with van der Waals surface area (Å²) < 4.78 is 32.0. The average Bonchev–Trinajstić information content (AvgIpc) is 2.31. The molecule has 1 amide bonds. The zero-order chi connectivity index (χ0) is 16.2. The van der Waals surface area contributed by atoms with E-state index in [0.717, 1.165) is 6.07 Å². The molecule has 1 atom stereocenters. The molecular weight excluding hydrogens is 346 g/mol. The summed E-state index contributed by atoms with van der Waals surface area (Å²) in [6.45, 7) is 7.29. The molecule has 0 aromatic heterocycles. The third-order valence-corrected chi connectivity index (χ3v) is 2.97. The molecule has 7 heteroatoms. The Morgan fingerprint density at radius 1 is 1.33 bits per heavy atom. The van der Waals surface area contributed by atoms with E-state index in [1.165, 1.54) is 6.07 Å². The van der Waals surface area contributed by atoms with Crippen LogP contribution in [0, 0.1) is 11.6 Å². The van der Waals surface area contributed by atoms with Crippen molar-refractivity contribution < 1.29 is 18.3 Å². The number of halogens is 3. The molecule has 0 aliphatic rings. The first-order valence-corrected chi connectivity index (χ1v) is 7.25. The van der Waals surface area contributed by atoms with Crippen LogP contribution in [0.1, 0.15) is 27.7 Å². The van der Waals surface area contributed by atoms with Crippen molar-refractivity contribution in [3.05, 3.63) is 28.2 Å². The van der Waals surface area contributed by atoms with Gasteiger partial charge in [0.15, 0.2) is 0 Å². The topological polar surface area (TPSA) is 50.4 Å². The molecule has 0 aliphatic carbocycles. The zero-order valence-corrected chi connectivity index (χ0v) is 14.0. The summed E-state index contributed by atoms with van der Waals surface area (Å²) in [6, 6.07) is 1.85. The van der Waals surface area contributed by atoms with E-state index in [4.69, 9.17) is 4.74 Å². The number of nitrogens with one attached hydrogen (secondary N) is 2. The van der Waals surface area contributed by atoms with Crippen LogP contribution in [0.3, 0.4) is 0 Å². The van der Waals surface area contributed by atoms with Crippen LogP contribution >= 0.6 is 15.9 Å². The van der Waals surface area contributed by atoms with Gasteiger partial charge in [-0.15, -0.1) is 0 Å². The highest BCUT2D eigenvalue weighted by Gasteiger charge is 2.17. The van der Waals surface area contributed by atoms with Crippen LogP contribution < -0.4 is 10.6 Å². The predicted molar refractivity (Wildman–Crippen MR) is 81.4 cm³/mol. The molecule has 21 heavy (non-hydrogen) atoms. The lowest BCUT2D eigenvalue weighted by atomic mass is 10.2. The molecular formula is C14H19BrF2N2O2. The quantitative estimate of drug-likeness (QED) is 0.792. The Balaban J connectivity index is 2.53. The van der Waals surface area contributed by atoms with Crippen molar-refractivity contribution in [2.24, 2.45) is 0 Å². The van der Waals surface area contributed by atoms with Gasteiger partial charge in [0.2, 0.25) is 0 Å². The Bertz CT molecular complexity index is 518. The van der Waals surface area contributed by atoms with E-state index in [2.05, 4.69) is 26.6 Å². The van der Waals surface area contributed by atoms with Crippen LogP contribution in [0.2, 0.25) is 0 Å². The monoisotopic (exact) mass is 364 g/mol. The minimum atomic E-state index is -0.695. The van der Waals surface area contributed by atoms with Gasteiger partial charge in [0, 0.05) is 18.7 Å². The first kappa shape index (κ1) is 17.7. The molecule has 0 heterocycles. The van der Waals surface area contributed by atoms with Gasteiger partial charge in [-0.2, -0.15) is 0 Å². The molecule has 0 aliphatic heterocycles. The molecule has 1 aromatic carbocycles. The molecule has 0 spiro atoms. The summed E-state index contributed by atoms with van der Waals surface area (Å²) in [5.74, 6) is -1.36. The highest BCUT2D eigenvalue weighted by atomic mass is 79.9. The van der Waals surface area contributed by atoms with Crippen LogP contribution in [0.5, 0.6) is 0 Å². The second-order valence-electron chi connectivity index (χ2n) is 5.67. The van der Waals surface area contributed by atoms with Crippen molar-refractivity contribution >= 4 is 27.7 Å². The minimum Gasteiger partial charge on any atom is -0.444 e. The summed E-state index contributed by atoms with van der Waals surface area (Å²) in [7, 11) is 0. The van der Waals surface area contributed by atoms with Crippen LogP contribution in [0.25, 0.3) is 0 Å². The lowest BCUT2D eigenvalue weighted by Crippen LogP contribution is -2.38. The standard InChI is InChI=1S/C14H19BrF2N2O2/c1-8(7-18-13(20)21-14(2,3)4)19-12-5-9(15)10(16)6-11(12)17/h5-6,8,19H,7H2,1-4H3,(H,18,20). The lowest BCUT2D eigenvalue weighted by Gasteiger charge is -2.21. The maximum atomic E-state index is 13.6. The van der Waals surface area contributed by atoms with Crippen LogP contribution in [0.4, 0.5) is 19.3 Å². The number of hydrogen-bond acceptors (Lipinski definition) is 3.